The molecule has 0 bridgehead atoms. The zero-order valence-electron chi connectivity index (χ0n) is 33.2. The first-order valence-corrected chi connectivity index (χ1v) is 19.4. The van der Waals surface area contributed by atoms with Crippen molar-refractivity contribution in [2.24, 2.45) is 0 Å². The van der Waals surface area contributed by atoms with Crippen molar-refractivity contribution in [3.05, 3.63) is 174 Å². The Balaban J connectivity index is 0.00000436. The van der Waals surface area contributed by atoms with E-state index in [1.807, 2.05) is 41.2 Å². The van der Waals surface area contributed by atoms with Crippen LogP contribution in [-0.4, -0.2) is 23.9 Å². The van der Waals surface area contributed by atoms with Crippen LogP contribution in [0.5, 0.6) is 11.5 Å². The van der Waals surface area contributed by atoms with E-state index in [0.29, 0.717) is 11.5 Å². The number of benzene rings is 6. The maximum absolute atomic E-state index is 6.60. The number of aromatic nitrogens is 5. The average Bonchev–Trinajstić information content (AvgIpc) is 3.87. The van der Waals surface area contributed by atoms with Gasteiger partial charge in [0.1, 0.15) is 5.82 Å². The van der Waals surface area contributed by atoms with Crippen molar-refractivity contribution in [3.63, 3.8) is 0 Å². The topological polar surface area (TPSA) is 49.8 Å². The molecule has 0 aliphatic heterocycles. The van der Waals surface area contributed by atoms with Crippen LogP contribution in [0.3, 0.4) is 0 Å². The van der Waals surface area contributed by atoms with E-state index < -0.39 is 0 Å². The van der Waals surface area contributed by atoms with Crippen LogP contribution < -0.4 is 4.74 Å². The van der Waals surface area contributed by atoms with E-state index in [9.17, 15) is 0 Å². The van der Waals surface area contributed by atoms with Crippen molar-refractivity contribution in [1.29, 1.82) is 0 Å². The molecule has 0 amide bonds. The zero-order chi connectivity index (χ0) is 39.0. The molecule has 0 fully saturated rings. The molecule has 0 saturated heterocycles. The van der Waals surface area contributed by atoms with E-state index in [1.165, 1.54) is 32.9 Å². The zero-order valence-corrected chi connectivity index (χ0v) is 35.5. The van der Waals surface area contributed by atoms with Crippen LogP contribution in [-0.2, 0) is 26.5 Å². The molecular weight excluding hydrogens is 894 g/mol. The molecule has 0 saturated carbocycles. The molecule has 4 aromatic heterocycles. The molecule has 4 heterocycles. The van der Waals surface area contributed by atoms with Crippen molar-refractivity contribution < 1.29 is 25.8 Å². The Kier molecular flexibility index (Phi) is 9.21. The number of rotatable bonds is 6. The number of ether oxygens (including phenoxy) is 1. The predicted octanol–water partition coefficient (Wildman–Crippen LogP) is 12.7. The molecular formula is C51H41N5OPt. The number of aryl methyl sites for hydroxylation is 3. The number of nitrogens with zero attached hydrogens (tertiary/aromatic N) is 5. The van der Waals surface area contributed by atoms with Crippen molar-refractivity contribution >= 4 is 43.6 Å². The summed E-state index contributed by atoms with van der Waals surface area (Å²) in [4.78, 5) is 4.99. The molecule has 0 aliphatic rings. The van der Waals surface area contributed by atoms with Gasteiger partial charge in [0.2, 0.25) is 0 Å². The van der Waals surface area contributed by atoms with E-state index in [2.05, 4.69) is 166 Å². The molecule has 7 heteroatoms. The molecule has 0 unspecified atom stereocenters. The summed E-state index contributed by atoms with van der Waals surface area (Å²) in [5.74, 6) is 1.97. The Bertz CT molecular complexity index is 3120. The van der Waals surface area contributed by atoms with Crippen LogP contribution in [0.1, 0.15) is 43.3 Å². The molecule has 10 aromatic rings. The predicted molar refractivity (Wildman–Crippen MR) is 233 cm³/mol. The van der Waals surface area contributed by atoms with Gasteiger partial charge in [-0.25, -0.2) is 4.98 Å². The second-order valence-electron chi connectivity index (χ2n) is 15.9. The van der Waals surface area contributed by atoms with Gasteiger partial charge in [-0.1, -0.05) is 111 Å². The van der Waals surface area contributed by atoms with Gasteiger partial charge in [0.25, 0.3) is 0 Å². The maximum Gasteiger partial charge on any atom is 2.00 e. The summed E-state index contributed by atoms with van der Waals surface area (Å²) in [6, 6.07) is 53.6. The van der Waals surface area contributed by atoms with Gasteiger partial charge in [-0.15, -0.1) is 35.7 Å². The van der Waals surface area contributed by atoms with Crippen LogP contribution in [0, 0.1) is 32.9 Å². The summed E-state index contributed by atoms with van der Waals surface area (Å²) >= 11 is 0. The molecule has 6 aromatic carbocycles. The van der Waals surface area contributed by atoms with Crippen molar-refractivity contribution in [1.82, 2.24) is 23.9 Å². The Morgan fingerprint density at radius 1 is 0.603 bits per heavy atom. The third-order valence-electron chi connectivity index (χ3n) is 11.0. The van der Waals surface area contributed by atoms with Crippen molar-refractivity contribution in [3.8, 4) is 39.8 Å². The van der Waals surface area contributed by atoms with Crippen LogP contribution in [0.4, 0.5) is 0 Å². The quantitative estimate of drug-likeness (QED) is 0.156. The minimum atomic E-state index is -0.187. The fourth-order valence-electron chi connectivity index (χ4n) is 8.64. The van der Waals surface area contributed by atoms with E-state index in [4.69, 9.17) is 14.8 Å². The second kappa shape index (κ2) is 14.3. The number of fused-ring (bicyclic) bond motifs is 6. The average molecular weight is 935 g/mol. The monoisotopic (exact) mass is 934 g/mol. The van der Waals surface area contributed by atoms with Gasteiger partial charge in [-0.05, 0) is 60.7 Å². The van der Waals surface area contributed by atoms with Crippen LogP contribution >= 0.6 is 0 Å². The Morgan fingerprint density at radius 3 is 1.98 bits per heavy atom. The molecule has 58 heavy (non-hydrogen) atoms. The molecule has 10 rings (SSSR count). The van der Waals surface area contributed by atoms with Gasteiger partial charge in [-0.3, -0.25) is 4.68 Å². The van der Waals surface area contributed by atoms with Gasteiger partial charge in [0, 0.05) is 51.0 Å². The summed E-state index contributed by atoms with van der Waals surface area (Å²) < 4.78 is 13.2. The van der Waals surface area contributed by atoms with Crippen molar-refractivity contribution in [2.45, 2.75) is 47.0 Å². The Hall–Kier alpha value is -6.23. The smallest absolute Gasteiger partial charge is 0.509 e. The largest absolute Gasteiger partial charge is 2.00 e. The Labute approximate surface area is 352 Å². The van der Waals surface area contributed by atoms with Gasteiger partial charge in [-0.2, -0.15) is 17.2 Å². The van der Waals surface area contributed by atoms with Gasteiger partial charge in [0.15, 0.2) is 0 Å². The van der Waals surface area contributed by atoms with Gasteiger partial charge >= 0.3 is 21.1 Å². The number of hydrogen-bond donors (Lipinski definition) is 0. The molecule has 0 radical (unpaired) electrons. The number of hydrogen-bond acceptors (Lipinski definition) is 3. The Morgan fingerprint density at radius 2 is 1.26 bits per heavy atom. The fourth-order valence-corrected chi connectivity index (χ4v) is 8.64. The standard InChI is InChI=1S/C51H41N5O.Pt/c1-32-15-12-22-42-43-23-13-16-33(2)49(43)54(48(32)42)36-27-28-52-46(30-36)55-44-24-11-10-21-40(44)41-26-25-39(31-45(41)55)57-38-20-14-19-37(29-38)56-50(51(4,5)6)47(34(3)53-56)35-17-8-7-9-18-35;/h7-28,30H,1-6H3;/q-2;+2. The minimum Gasteiger partial charge on any atom is -0.509 e. The molecule has 0 spiro atoms. The van der Waals surface area contributed by atoms with Gasteiger partial charge in [0.05, 0.1) is 28.1 Å². The normalized spacial score (nSPS) is 11.8. The SMILES string of the molecule is Cc1nn(-c2[c-]c(Oc3[c-]c4c(cc3)c3ccccc3n4-c3cc(-n4c5c(C)cccc5c5cccc(C)c54)ccn3)ccc2)c(C(C)(C)C)c1-c1ccccc1.[Pt+2]. The van der Waals surface area contributed by atoms with E-state index >= 15 is 0 Å². The minimum absolute atomic E-state index is 0. The van der Waals surface area contributed by atoms with E-state index in [-0.39, 0.29) is 26.5 Å². The number of pyridine rings is 1. The first-order valence-electron chi connectivity index (χ1n) is 19.4. The maximum atomic E-state index is 6.60. The second-order valence-corrected chi connectivity index (χ2v) is 15.9. The molecule has 286 valence electrons. The van der Waals surface area contributed by atoms with Crippen molar-refractivity contribution in [2.75, 3.05) is 0 Å². The third kappa shape index (κ3) is 6.06. The summed E-state index contributed by atoms with van der Waals surface area (Å²) in [6.07, 6.45) is 1.91. The van der Waals surface area contributed by atoms with E-state index in [1.54, 1.807) is 0 Å². The summed E-state index contributed by atoms with van der Waals surface area (Å²) in [5, 5.41) is 9.74. The molecule has 0 aliphatic carbocycles. The fraction of sp³-hybridized carbons (Fsp3) is 0.137. The molecule has 0 atom stereocenters. The molecule has 6 nitrogen and oxygen atoms in total. The summed E-state index contributed by atoms with van der Waals surface area (Å²) in [6.45, 7) is 13.1. The van der Waals surface area contributed by atoms with Crippen LogP contribution in [0.2, 0.25) is 0 Å². The number of para-hydroxylation sites is 3. The van der Waals surface area contributed by atoms with E-state index in [0.717, 1.165) is 61.5 Å². The first kappa shape index (κ1) is 37.4. The summed E-state index contributed by atoms with van der Waals surface area (Å²) in [7, 11) is 0. The van der Waals surface area contributed by atoms with Crippen LogP contribution in [0.15, 0.2) is 140 Å². The third-order valence-corrected chi connectivity index (χ3v) is 11.0. The summed E-state index contributed by atoms with van der Waals surface area (Å²) in [5.41, 5.74) is 12.9. The van der Waals surface area contributed by atoms with Gasteiger partial charge < -0.3 is 13.9 Å². The van der Waals surface area contributed by atoms with Crippen LogP contribution in [0.25, 0.3) is 71.9 Å². The molecule has 0 N–H and O–H groups in total. The first-order chi connectivity index (χ1) is 27.7.